The lowest BCUT2D eigenvalue weighted by Crippen LogP contribution is -2.48. The molecule has 0 fully saturated rings. The predicted octanol–water partition coefficient (Wildman–Crippen LogP) is -1.76. The van der Waals surface area contributed by atoms with Crippen LogP contribution < -0.4 is 5.32 Å². The van der Waals surface area contributed by atoms with Gasteiger partial charge in [0.15, 0.2) is 11.7 Å². The topological polar surface area (TPSA) is 105 Å². The van der Waals surface area contributed by atoms with Crippen LogP contribution >= 0.6 is 0 Å². The zero-order chi connectivity index (χ0) is 10.8. The highest BCUT2D eigenvalue weighted by Crippen LogP contribution is 2.00. The number of carbonyl (C=O) groups is 2. The first-order valence-corrected chi connectivity index (χ1v) is 4.07. The fraction of sp³-hybridized carbons (Fsp3) is 0.125. The van der Waals surface area contributed by atoms with E-state index in [0.717, 1.165) is 0 Å². The maximum atomic E-state index is 11.1. The van der Waals surface area contributed by atoms with Crippen molar-refractivity contribution < 1.29 is 14.7 Å². The normalized spacial score (nSPS) is 20.9. The highest BCUT2D eigenvalue weighted by molar-refractivity contribution is 6.21. The zero-order valence-corrected chi connectivity index (χ0v) is 7.41. The molecule has 2 rings (SSSR count). The molecule has 0 saturated heterocycles. The van der Waals surface area contributed by atoms with Gasteiger partial charge in [0, 0.05) is 12.4 Å². The molecule has 1 atom stereocenters. The number of hydrogen-bond donors (Lipinski definition) is 2. The van der Waals surface area contributed by atoms with Gasteiger partial charge in [0.1, 0.15) is 0 Å². The Bertz CT molecular complexity index is 442. The van der Waals surface area contributed by atoms with Crippen LogP contribution in [0.2, 0.25) is 0 Å². The van der Waals surface area contributed by atoms with Crippen LogP contribution in [0.1, 0.15) is 5.82 Å². The molecule has 1 aromatic heterocycles. The summed E-state index contributed by atoms with van der Waals surface area (Å²) >= 11 is 0. The number of aliphatic hydroxyl groups excluding tert-OH is 1. The van der Waals surface area contributed by atoms with Gasteiger partial charge in [0.05, 0.1) is 0 Å². The van der Waals surface area contributed by atoms with Crippen molar-refractivity contribution in [1.29, 1.82) is 0 Å². The number of aromatic nitrogens is 2. The van der Waals surface area contributed by atoms with E-state index in [2.05, 4.69) is 20.3 Å². The molecule has 7 heteroatoms. The third kappa shape index (κ3) is 1.72. The SMILES string of the molecule is O=C1N=C(c2ncccn2)NC(=O)C1O. The molecule has 2 heterocycles. The van der Waals surface area contributed by atoms with Gasteiger partial charge in [-0.25, -0.2) is 9.97 Å². The molecule has 0 spiro atoms. The first-order chi connectivity index (χ1) is 7.18. The van der Waals surface area contributed by atoms with Crippen LogP contribution in [-0.2, 0) is 9.59 Å². The molecule has 7 nitrogen and oxygen atoms in total. The third-order valence-electron chi connectivity index (χ3n) is 1.72. The maximum Gasteiger partial charge on any atom is 0.286 e. The number of nitrogens with one attached hydrogen (secondary N) is 1. The van der Waals surface area contributed by atoms with Gasteiger partial charge < -0.3 is 10.4 Å². The number of carbonyl (C=O) groups excluding carboxylic acids is 2. The second-order valence-corrected chi connectivity index (χ2v) is 2.76. The van der Waals surface area contributed by atoms with Crippen LogP contribution in [0.5, 0.6) is 0 Å². The summed E-state index contributed by atoms with van der Waals surface area (Å²) in [6.07, 6.45) is 1.16. The molecule has 0 aromatic carbocycles. The molecule has 76 valence electrons. The minimum absolute atomic E-state index is 0.0455. The minimum atomic E-state index is -1.74. The lowest BCUT2D eigenvalue weighted by Gasteiger charge is -2.14. The summed E-state index contributed by atoms with van der Waals surface area (Å²) in [7, 11) is 0. The molecule has 0 aliphatic carbocycles. The minimum Gasteiger partial charge on any atom is -0.375 e. The molecule has 1 aromatic rings. The molecular formula is C8H6N4O3. The molecule has 15 heavy (non-hydrogen) atoms. The average Bonchev–Trinajstić information content (AvgIpc) is 2.26. The van der Waals surface area contributed by atoms with Crippen molar-refractivity contribution in [2.45, 2.75) is 6.10 Å². The summed E-state index contributed by atoms with van der Waals surface area (Å²) in [6, 6.07) is 1.59. The Morgan fingerprint density at radius 3 is 2.53 bits per heavy atom. The molecular weight excluding hydrogens is 200 g/mol. The molecule has 1 unspecified atom stereocenters. The summed E-state index contributed by atoms with van der Waals surface area (Å²) in [5.41, 5.74) is 0. The van der Waals surface area contributed by atoms with Crippen LogP contribution in [0.15, 0.2) is 23.5 Å². The number of amidine groups is 1. The Morgan fingerprint density at radius 1 is 1.27 bits per heavy atom. The summed E-state index contributed by atoms with van der Waals surface area (Å²) in [4.78, 5) is 33.2. The standard InChI is InChI=1S/C8H6N4O3/c13-4-7(14)11-6(12-8(4)15)5-9-2-1-3-10-5/h1-4,13H,(H,11,12,14,15). The first kappa shape index (κ1) is 9.41. The van der Waals surface area contributed by atoms with Crippen molar-refractivity contribution in [3.63, 3.8) is 0 Å². The van der Waals surface area contributed by atoms with E-state index < -0.39 is 17.9 Å². The molecule has 2 N–H and O–H groups in total. The van der Waals surface area contributed by atoms with Crippen molar-refractivity contribution in [3.05, 3.63) is 24.3 Å². The Hall–Kier alpha value is -2.15. The Kier molecular flexibility index (Phi) is 2.22. The van der Waals surface area contributed by atoms with Gasteiger partial charge in [-0.05, 0) is 6.07 Å². The maximum absolute atomic E-state index is 11.1. The van der Waals surface area contributed by atoms with E-state index in [9.17, 15) is 9.59 Å². The van der Waals surface area contributed by atoms with Gasteiger partial charge in [-0.15, -0.1) is 0 Å². The molecule has 1 aliphatic heterocycles. The molecule has 2 amide bonds. The third-order valence-corrected chi connectivity index (χ3v) is 1.72. The van der Waals surface area contributed by atoms with Gasteiger partial charge in [0.25, 0.3) is 11.8 Å². The summed E-state index contributed by atoms with van der Waals surface area (Å²) in [5, 5.41) is 11.2. The van der Waals surface area contributed by atoms with Gasteiger partial charge in [0.2, 0.25) is 6.10 Å². The number of rotatable bonds is 1. The van der Waals surface area contributed by atoms with E-state index in [1.807, 2.05) is 0 Å². The first-order valence-electron chi connectivity index (χ1n) is 4.07. The van der Waals surface area contributed by atoms with Crippen LogP contribution in [-0.4, -0.2) is 38.8 Å². The van der Waals surface area contributed by atoms with E-state index in [4.69, 9.17) is 5.11 Å². The second-order valence-electron chi connectivity index (χ2n) is 2.76. The second kappa shape index (κ2) is 3.54. The number of aliphatic imine (C=N–C) groups is 1. The molecule has 1 aliphatic rings. The molecule has 0 bridgehead atoms. The predicted molar refractivity (Wildman–Crippen MR) is 47.7 cm³/mol. The summed E-state index contributed by atoms with van der Waals surface area (Å²) in [6.45, 7) is 0. The fourth-order valence-corrected chi connectivity index (χ4v) is 1.02. The molecule has 0 radical (unpaired) electrons. The summed E-state index contributed by atoms with van der Waals surface area (Å²) < 4.78 is 0. The number of aliphatic hydroxyl groups is 1. The Morgan fingerprint density at radius 2 is 1.93 bits per heavy atom. The van der Waals surface area contributed by atoms with Crippen molar-refractivity contribution in [3.8, 4) is 0 Å². The van der Waals surface area contributed by atoms with E-state index in [1.165, 1.54) is 12.4 Å². The smallest absolute Gasteiger partial charge is 0.286 e. The van der Waals surface area contributed by atoms with Crippen molar-refractivity contribution >= 4 is 17.6 Å². The van der Waals surface area contributed by atoms with Gasteiger partial charge in [-0.2, -0.15) is 4.99 Å². The van der Waals surface area contributed by atoms with Crippen LogP contribution in [0.25, 0.3) is 0 Å². The number of amides is 2. The van der Waals surface area contributed by atoms with E-state index in [1.54, 1.807) is 6.07 Å². The monoisotopic (exact) mass is 206 g/mol. The highest BCUT2D eigenvalue weighted by Gasteiger charge is 2.30. The Balaban J connectivity index is 2.36. The number of nitrogens with zero attached hydrogens (tertiary/aromatic N) is 3. The van der Waals surface area contributed by atoms with E-state index in [-0.39, 0.29) is 11.7 Å². The van der Waals surface area contributed by atoms with Crippen molar-refractivity contribution in [2.75, 3.05) is 0 Å². The lowest BCUT2D eigenvalue weighted by atomic mass is 10.2. The zero-order valence-electron chi connectivity index (χ0n) is 7.41. The van der Waals surface area contributed by atoms with Crippen LogP contribution in [0.3, 0.4) is 0 Å². The highest BCUT2D eigenvalue weighted by atomic mass is 16.3. The van der Waals surface area contributed by atoms with Crippen LogP contribution in [0, 0.1) is 0 Å². The number of hydrogen-bond acceptors (Lipinski definition) is 5. The summed E-state index contributed by atoms with van der Waals surface area (Å²) in [5.74, 6) is -1.65. The molecule has 0 saturated carbocycles. The van der Waals surface area contributed by atoms with Crippen LogP contribution in [0.4, 0.5) is 0 Å². The average molecular weight is 206 g/mol. The van der Waals surface area contributed by atoms with Gasteiger partial charge in [-0.3, -0.25) is 9.59 Å². The quantitative estimate of drug-likeness (QED) is 0.529. The largest absolute Gasteiger partial charge is 0.375 e. The van der Waals surface area contributed by atoms with Gasteiger partial charge in [-0.1, -0.05) is 0 Å². The van der Waals surface area contributed by atoms with E-state index >= 15 is 0 Å². The van der Waals surface area contributed by atoms with E-state index in [0.29, 0.717) is 0 Å². The Labute approximate surface area is 83.9 Å². The fourth-order valence-electron chi connectivity index (χ4n) is 1.02. The van der Waals surface area contributed by atoms with Crippen molar-refractivity contribution in [1.82, 2.24) is 15.3 Å². The van der Waals surface area contributed by atoms with Gasteiger partial charge >= 0.3 is 0 Å². The van der Waals surface area contributed by atoms with Crippen molar-refractivity contribution in [2.24, 2.45) is 4.99 Å². The lowest BCUT2D eigenvalue weighted by molar-refractivity contribution is -0.139.